The number of carbonyl (C=O) groups excluding carboxylic acids is 1. The monoisotopic (exact) mass is 361 g/mol. The van der Waals surface area contributed by atoms with Gasteiger partial charge in [0.15, 0.2) is 5.43 Å². The fraction of sp³-hybridized carbons (Fsp3) is 0.235. The molecule has 124 valence electrons. The molecule has 0 fully saturated rings. The van der Waals surface area contributed by atoms with E-state index in [0.717, 1.165) is 11.2 Å². The zero-order chi connectivity index (χ0) is 17.4. The highest BCUT2D eigenvalue weighted by molar-refractivity contribution is 7.99. The molecule has 0 saturated heterocycles. The first-order valence-corrected chi connectivity index (χ1v) is 8.90. The first-order chi connectivity index (χ1) is 11.5. The summed E-state index contributed by atoms with van der Waals surface area (Å²) in [5, 5.41) is 1.58. The Kier molecular flexibility index (Phi) is 4.51. The zero-order valence-electron chi connectivity index (χ0n) is 13.5. The third-order valence-electron chi connectivity index (χ3n) is 3.88. The van der Waals surface area contributed by atoms with E-state index >= 15 is 0 Å². The number of hydrogen-bond acceptors (Lipinski definition) is 5. The van der Waals surface area contributed by atoms with Gasteiger partial charge in [-0.1, -0.05) is 11.6 Å². The molecule has 2 heterocycles. The van der Waals surface area contributed by atoms with E-state index in [1.54, 1.807) is 28.8 Å². The summed E-state index contributed by atoms with van der Waals surface area (Å²) in [6.45, 7) is 0.102. The van der Waals surface area contributed by atoms with Crippen LogP contribution in [0.4, 0.5) is 5.82 Å². The molecule has 7 heteroatoms. The Bertz CT molecular complexity index is 1010. The number of anilines is 1. The molecule has 2 aromatic heterocycles. The number of halogens is 1. The van der Waals surface area contributed by atoms with Gasteiger partial charge in [0.25, 0.3) is 0 Å². The quantitative estimate of drug-likeness (QED) is 0.406. The number of benzene rings is 1. The first-order valence-electron chi connectivity index (χ1n) is 7.30. The number of carbonyl (C=O) groups is 1. The van der Waals surface area contributed by atoms with Gasteiger partial charge in [-0.15, -0.1) is 11.8 Å². The highest BCUT2D eigenvalue weighted by atomic mass is 35.5. The van der Waals surface area contributed by atoms with Crippen LogP contribution in [-0.4, -0.2) is 36.2 Å². The normalized spacial score (nSPS) is 11.2. The predicted molar refractivity (Wildman–Crippen MR) is 101 cm³/mol. The van der Waals surface area contributed by atoms with Gasteiger partial charge in [-0.05, 0) is 30.5 Å². The summed E-state index contributed by atoms with van der Waals surface area (Å²) in [5.41, 5.74) is 1.04. The number of nitrogens with zero attached hydrogens (tertiary/aromatic N) is 3. The molecule has 3 aromatic rings. The number of aldehydes is 1. The number of rotatable bonds is 4. The van der Waals surface area contributed by atoms with Crippen LogP contribution in [0, 0.1) is 0 Å². The lowest BCUT2D eigenvalue weighted by Gasteiger charge is -2.17. The Balaban J connectivity index is 2.60. The van der Waals surface area contributed by atoms with Crippen LogP contribution in [0.15, 0.2) is 34.0 Å². The number of thioether (sulfide) groups is 1. The van der Waals surface area contributed by atoms with E-state index in [0.29, 0.717) is 32.8 Å². The Morgan fingerprint density at radius 2 is 1.96 bits per heavy atom. The third-order valence-corrected chi connectivity index (χ3v) is 5.13. The van der Waals surface area contributed by atoms with Crippen LogP contribution in [0.1, 0.15) is 0 Å². The van der Waals surface area contributed by atoms with Crippen LogP contribution in [0.25, 0.3) is 21.9 Å². The van der Waals surface area contributed by atoms with Crippen molar-refractivity contribution in [2.24, 2.45) is 0 Å². The summed E-state index contributed by atoms with van der Waals surface area (Å²) in [5.74, 6) is 0.716. The van der Waals surface area contributed by atoms with Gasteiger partial charge in [0.05, 0.1) is 27.4 Å². The van der Waals surface area contributed by atoms with Crippen molar-refractivity contribution in [2.75, 3.05) is 25.3 Å². The van der Waals surface area contributed by atoms with Crippen LogP contribution in [0.2, 0.25) is 5.02 Å². The molecule has 0 aliphatic rings. The van der Waals surface area contributed by atoms with E-state index in [2.05, 4.69) is 4.98 Å². The molecule has 0 saturated carbocycles. The van der Waals surface area contributed by atoms with E-state index in [-0.39, 0.29) is 12.0 Å². The average Bonchev–Trinajstić information content (AvgIpc) is 2.57. The minimum absolute atomic E-state index is 0.102. The van der Waals surface area contributed by atoms with Gasteiger partial charge < -0.3 is 14.3 Å². The van der Waals surface area contributed by atoms with E-state index in [1.807, 2.05) is 25.3 Å². The Morgan fingerprint density at radius 3 is 2.58 bits per heavy atom. The van der Waals surface area contributed by atoms with Gasteiger partial charge in [-0.2, -0.15) is 0 Å². The topological polar surface area (TPSA) is 55.2 Å². The van der Waals surface area contributed by atoms with Crippen molar-refractivity contribution in [3.8, 4) is 0 Å². The summed E-state index contributed by atoms with van der Waals surface area (Å²) < 4.78 is 1.77. The zero-order valence-corrected chi connectivity index (χ0v) is 15.1. The number of aromatic nitrogens is 2. The smallest absolute Gasteiger partial charge is 0.198 e. The van der Waals surface area contributed by atoms with Crippen molar-refractivity contribution in [2.45, 2.75) is 11.4 Å². The van der Waals surface area contributed by atoms with Crippen molar-refractivity contribution in [3.05, 3.63) is 39.5 Å². The Labute approximate surface area is 148 Å². The summed E-state index contributed by atoms with van der Waals surface area (Å²) in [6.07, 6.45) is 2.70. The number of fused-ring (bicyclic) bond motifs is 2. The van der Waals surface area contributed by atoms with Gasteiger partial charge in [-0.25, -0.2) is 4.98 Å². The molecule has 0 aliphatic heterocycles. The lowest BCUT2D eigenvalue weighted by molar-refractivity contribution is -0.108. The van der Waals surface area contributed by atoms with Crippen molar-refractivity contribution >= 4 is 57.4 Å². The molecule has 24 heavy (non-hydrogen) atoms. The van der Waals surface area contributed by atoms with Crippen LogP contribution in [0.3, 0.4) is 0 Å². The van der Waals surface area contributed by atoms with Crippen molar-refractivity contribution in [3.63, 3.8) is 0 Å². The summed E-state index contributed by atoms with van der Waals surface area (Å²) in [7, 11) is 3.75. The SMILES string of the molecule is CSc1c(Cl)ccc2c(=O)c3ccc(N(C)C)nc3n(CC=O)c12. The minimum Gasteiger partial charge on any atom is -0.363 e. The maximum atomic E-state index is 12.9. The van der Waals surface area contributed by atoms with Gasteiger partial charge in [0.1, 0.15) is 17.8 Å². The maximum absolute atomic E-state index is 12.9. The molecule has 0 bridgehead atoms. The van der Waals surface area contributed by atoms with Crippen LogP contribution >= 0.6 is 23.4 Å². The average molecular weight is 362 g/mol. The van der Waals surface area contributed by atoms with Crippen LogP contribution in [0.5, 0.6) is 0 Å². The molecule has 0 radical (unpaired) electrons. The molecule has 3 rings (SSSR count). The molecule has 1 aromatic carbocycles. The molecule has 0 unspecified atom stereocenters. The highest BCUT2D eigenvalue weighted by Crippen LogP contribution is 2.33. The van der Waals surface area contributed by atoms with E-state index in [4.69, 9.17) is 11.6 Å². The molecule has 5 nitrogen and oxygen atoms in total. The fourth-order valence-corrected chi connectivity index (χ4v) is 3.83. The molecule has 0 aliphatic carbocycles. The van der Waals surface area contributed by atoms with Crippen LogP contribution in [-0.2, 0) is 11.3 Å². The Morgan fingerprint density at radius 1 is 1.25 bits per heavy atom. The first kappa shape index (κ1) is 16.8. The number of pyridine rings is 2. The molecule has 0 atom stereocenters. The lowest BCUT2D eigenvalue weighted by Crippen LogP contribution is -2.17. The summed E-state index contributed by atoms with van der Waals surface area (Å²) in [4.78, 5) is 31.4. The number of hydrogen-bond donors (Lipinski definition) is 0. The second kappa shape index (κ2) is 6.45. The van der Waals surface area contributed by atoms with E-state index in [9.17, 15) is 9.59 Å². The minimum atomic E-state index is -0.105. The second-order valence-electron chi connectivity index (χ2n) is 5.52. The standard InChI is InChI=1S/C17H16ClN3O2S/c1-20(2)13-7-5-11-15(23)10-4-6-12(18)16(24-3)14(10)21(8-9-22)17(11)19-13/h4-7,9H,8H2,1-3H3. The van der Waals surface area contributed by atoms with Crippen molar-refractivity contribution in [1.29, 1.82) is 0 Å². The van der Waals surface area contributed by atoms with Gasteiger partial charge in [-0.3, -0.25) is 4.79 Å². The van der Waals surface area contributed by atoms with Gasteiger partial charge in [0, 0.05) is 19.5 Å². The largest absolute Gasteiger partial charge is 0.363 e. The molecule has 0 spiro atoms. The second-order valence-corrected chi connectivity index (χ2v) is 6.74. The summed E-state index contributed by atoms with van der Waals surface area (Å²) >= 11 is 7.75. The van der Waals surface area contributed by atoms with Crippen molar-refractivity contribution in [1.82, 2.24) is 9.55 Å². The maximum Gasteiger partial charge on any atom is 0.198 e. The van der Waals surface area contributed by atoms with E-state index < -0.39 is 0 Å². The molecular formula is C17H16ClN3O2S. The Hall–Kier alpha value is -2.05. The van der Waals surface area contributed by atoms with E-state index in [1.165, 1.54) is 11.8 Å². The lowest BCUT2D eigenvalue weighted by atomic mass is 10.1. The third kappa shape index (κ3) is 2.56. The van der Waals surface area contributed by atoms with Gasteiger partial charge in [0.2, 0.25) is 0 Å². The van der Waals surface area contributed by atoms with Gasteiger partial charge >= 0.3 is 0 Å². The molecular weight excluding hydrogens is 346 g/mol. The highest BCUT2D eigenvalue weighted by Gasteiger charge is 2.17. The van der Waals surface area contributed by atoms with Crippen LogP contribution < -0.4 is 10.3 Å². The fourth-order valence-electron chi connectivity index (χ4n) is 2.77. The van der Waals surface area contributed by atoms with Crippen molar-refractivity contribution < 1.29 is 4.79 Å². The predicted octanol–water partition coefficient (Wildman–Crippen LogP) is 3.19. The molecule has 0 amide bonds. The summed E-state index contributed by atoms with van der Waals surface area (Å²) in [6, 6.07) is 6.98. The molecule has 0 N–H and O–H groups in total.